The van der Waals surface area contributed by atoms with Gasteiger partial charge in [0.25, 0.3) is 0 Å². The summed E-state index contributed by atoms with van der Waals surface area (Å²) in [6.07, 6.45) is 5.73. The maximum Gasteiger partial charge on any atom is 0.193 e. The van der Waals surface area contributed by atoms with E-state index in [1.165, 1.54) is 6.42 Å². The number of hydrogen-bond acceptors (Lipinski definition) is 5. The van der Waals surface area contributed by atoms with Crippen LogP contribution >= 0.6 is 0 Å². The summed E-state index contributed by atoms with van der Waals surface area (Å²) in [6, 6.07) is 1.92. The highest BCUT2D eigenvalue weighted by molar-refractivity contribution is 5.80. The first-order chi connectivity index (χ1) is 12.1. The molecule has 1 aliphatic carbocycles. The Morgan fingerprint density at radius 2 is 2.20 bits per heavy atom. The van der Waals surface area contributed by atoms with Crippen molar-refractivity contribution in [3.05, 3.63) is 18.0 Å². The fraction of sp³-hybridized carbons (Fsp3) is 0.778. The van der Waals surface area contributed by atoms with Crippen molar-refractivity contribution in [1.82, 2.24) is 20.3 Å². The fourth-order valence-electron chi connectivity index (χ4n) is 3.87. The number of piperazine rings is 1. The number of nitrogens with zero attached hydrogens (tertiary/aromatic N) is 4. The fourth-order valence-corrected chi connectivity index (χ4v) is 3.87. The molecule has 2 fully saturated rings. The van der Waals surface area contributed by atoms with Crippen LogP contribution in [0.25, 0.3) is 0 Å². The first kappa shape index (κ1) is 18.2. The zero-order valence-electron chi connectivity index (χ0n) is 15.4. The minimum absolute atomic E-state index is 0.0526. The molecule has 2 N–H and O–H groups in total. The maximum absolute atomic E-state index is 10.4. The Balaban J connectivity index is 1.47. The number of aliphatic hydroxyl groups excluding tert-OH is 1. The molecule has 25 heavy (non-hydrogen) atoms. The standard InChI is InChI=1S/C18H31N5O2/c1-18(7-4-3-5-16(18)24)14-20-17(19-2)23-10-8-22(9-11-23)13-15-6-12-25-21-15/h6,12,16,24H,3-5,7-11,13-14H2,1-2H3,(H,19,20). The highest BCUT2D eigenvalue weighted by Gasteiger charge is 2.35. The van der Waals surface area contributed by atoms with Crippen molar-refractivity contribution in [1.29, 1.82) is 0 Å². The predicted octanol–water partition coefficient (Wildman–Crippen LogP) is 1.31. The molecule has 1 saturated carbocycles. The molecule has 1 aliphatic heterocycles. The number of aromatic nitrogens is 1. The highest BCUT2D eigenvalue weighted by atomic mass is 16.5. The maximum atomic E-state index is 10.4. The van der Waals surface area contributed by atoms with E-state index in [1.807, 2.05) is 13.1 Å². The van der Waals surface area contributed by atoms with Crippen LogP contribution in [0.5, 0.6) is 0 Å². The summed E-state index contributed by atoms with van der Waals surface area (Å²) in [5.74, 6) is 0.945. The minimum atomic E-state index is -0.217. The summed E-state index contributed by atoms with van der Waals surface area (Å²) in [5, 5.41) is 17.9. The van der Waals surface area contributed by atoms with Crippen LogP contribution < -0.4 is 5.32 Å². The van der Waals surface area contributed by atoms with Gasteiger partial charge in [-0.1, -0.05) is 24.9 Å². The first-order valence-corrected chi connectivity index (χ1v) is 9.36. The summed E-state index contributed by atoms with van der Waals surface area (Å²) in [7, 11) is 1.84. The van der Waals surface area contributed by atoms with Crippen LogP contribution in [-0.2, 0) is 6.54 Å². The molecule has 140 valence electrons. The van der Waals surface area contributed by atoms with Gasteiger partial charge in [0.2, 0.25) is 0 Å². The third-order valence-corrected chi connectivity index (χ3v) is 5.69. The third-order valence-electron chi connectivity index (χ3n) is 5.69. The lowest BCUT2D eigenvalue weighted by Gasteiger charge is -2.41. The second kappa shape index (κ2) is 8.19. The molecule has 1 aromatic rings. The quantitative estimate of drug-likeness (QED) is 0.630. The van der Waals surface area contributed by atoms with Crippen LogP contribution in [0.1, 0.15) is 38.3 Å². The summed E-state index contributed by atoms with van der Waals surface area (Å²) < 4.78 is 4.90. The molecule has 0 aromatic carbocycles. The molecule has 7 heteroatoms. The van der Waals surface area contributed by atoms with Crippen molar-refractivity contribution in [2.24, 2.45) is 10.4 Å². The van der Waals surface area contributed by atoms with Crippen molar-refractivity contribution in [2.45, 2.75) is 45.3 Å². The van der Waals surface area contributed by atoms with Gasteiger partial charge in [-0.3, -0.25) is 9.89 Å². The van der Waals surface area contributed by atoms with E-state index in [4.69, 9.17) is 4.52 Å². The minimum Gasteiger partial charge on any atom is -0.392 e. The smallest absolute Gasteiger partial charge is 0.193 e. The lowest BCUT2D eigenvalue weighted by atomic mass is 9.73. The monoisotopic (exact) mass is 349 g/mol. The molecule has 2 atom stereocenters. The summed E-state index contributed by atoms with van der Waals surface area (Å²) in [6.45, 7) is 7.64. The summed E-state index contributed by atoms with van der Waals surface area (Å²) in [4.78, 5) is 9.14. The van der Waals surface area contributed by atoms with Gasteiger partial charge in [0.1, 0.15) is 6.26 Å². The third kappa shape index (κ3) is 4.52. The van der Waals surface area contributed by atoms with Gasteiger partial charge in [0.15, 0.2) is 5.96 Å². The van der Waals surface area contributed by atoms with Crippen molar-refractivity contribution in [2.75, 3.05) is 39.8 Å². The van der Waals surface area contributed by atoms with E-state index in [0.717, 1.165) is 70.2 Å². The molecule has 0 bridgehead atoms. The average Bonchev–Trinajstić information content (AvgIpc) is 3.13. The van der Waals surface area contributed by atoms with Crippen molar-refractivity contribution in [3.63, 3.8) is 0 Å². The molecule has 2 aliphatic rings. The zero-order valence-corrected chi connectivity index (χ0v) is 15.4. The molecular formula is C18H31N5O2. The van der Waals surface area contributed by atoms with E-state index < -0.39 is 0 Å². The van der Waals surface area contributed by atoms with Gasteiger partial charge in [-0.25, -0.2) is 0 Å². The van der Waals surface area contributed by atoms with E-state index in [1.54, 1.807) is 6.26 Å². The lowest BCUT2D eigenvalue weighted by Crippen LogP contribution is -2.54. The second-order valence-electron chi connectivity index (χ2n) is 7.57. The Bertz CT molecular complexity index is 554. The number of aliphatic imine (C=N–C) groups is 1. The van der Waals surface area contributed by atoms with E-state index in [0.29, 0.717) is 0 Å². The zero-order chi connectivity index (χ0) is 17.7. The average molecular weight is 349 g/mol. The summed E-state index contributed by atoms with van der Waals surface area (Å²) in [5.41, 5.74) is 0.929. The summed E-state index contributed by atoms with van der Waals surface area (Å²) >= 11 is 0. The van der Waals surface area contributed by atoms with E-state index in [9.17, 15) is 5.11 Å². The lowest BCUT2D eigenvalue weighted by molar-refractivity contribution is 0.00350. The van der Waals surface area contributed by atoms with Gasteiger partial charge >= 0.3 is 0 Å². The van der Waals surface area contributed by atoms with E-state index in [2.05, 4.69) is 32.2 Å². The molecule has 0 spiro atoms. The Hall–Kier alpha value is -1.60. The van der Waals surface area contributed by atoms with Crippen LogP contribution in [0, 0.1) is 5.41 Å². The van der Waals surface area contributed by atoms with Crippen molar-refractivity contribution >= 4 is 5.96 Å². The Labute approximate surface area is 150 Å². The van der Waals surface area contributed by atoms with Crippen molar-refractivity contribution < 1.29 is 9.63 Å². The van der Waals surface area contributed by atoms with Gasteiger partial charge in [-0.2, -0.15) is 0 Å². The largest absolute Gasteiger partial charge is 0.392 e. The number of rotatable bonds is 4. The van der Waals surface area contributed by atoms with Gasteiger partial charge in [0, 0.05) is 57.8 Å². The van der Waals surface area contributed by atoms with E-state index in [-0.39, 0.29) is 11.5 Å². The topological polar surface area (TPSA) is 77.1 Å². The first-order valence-electron chi connectivity index (χ1n) is 9.36. The van der Waals surface area contributed by atoms with Crippen molar-refractivity contribution in [3.8, 4) is 0 Å². The number of hydrogen-bond donors (Lipinski definition) is 2. The Kier molecular flexibility index (Phi) is 5.96. The van der Waals surface area contributed by atoms with Crippen LogP contribution in [0.15, 0.2) is 21.8 Å². The molecule has 7 nitrogen and oxygen atoms in total. The number of nitrogens with one attached hydrogen (secondary N) is 1. The molecule has 1 aromatic heterocycles. The molecule has 1 saturated heterocycles. The van der Waals surface area contributed by atoms with Gasteiger partial charge in [0.05, 0.1) is 11.8 Å². The van der Waals surface area contributed by atoms with Crippen LogP contribution in [0.3, 0.4) is 0 Å². The van der Waals surface area contributed by atoms with Crippen LogP contribution in [0.4, 0.5) is 0 Å². The predicted molar refractivity (Wildman–Crippen MR) is 97.3 cm³/mol. The number of aliphatic hydroxyl groups is 1. The highest BCUT2D eigenvalue weighted by Crippen LogP contribution is 2.35. The van der Waals surface area contributed by atoms with Gasteiger partial charge in [-0.05, 0) is 12.8 Å². The Morgan fingerprint density at radius 1 is 1.40 bits per heavy atom. The molecule has 2 heterocycles. The SMILES string of the molecule is CN=C(NCC1(C)CCCCC1O)N1CCN(Cc2ccon2)CC1. The Morgan fingerprint density at radius 3 is 2.84 bits per heavy atom. The molecule has 0 radical (unpaired) electrons. The molecule has 0 amide bonds. The number of guanidine groups is 1. The molecule has 3 rings (SSSR count). The molecular weight excluding hydrogens is 318 g/mol. The second-order valence-corrected chi connectivity index (χ2v) is 7.57. The van der Waals surface area contributed by atoms with E-state index >= 15 is 0 Å². The van der Waals surface area contributed by atoms with Gasteiger partial charge < -0.3 is 19.8 Å². The van der Waals surface area contributed by atoms with Gasteiger partial charge in [-0.15, -0.1) is 0 Å². The normalized spacial score (nSPS) is 29.0. The van der Waals surface area contributed by atoms with Crippen LogP contribution in [-0.4, -0.2) is 71.9 Å². The van der Waals surface area contributed by atoms with Crippen LogP contribution in [0.2, 0.25) is 0 Å². The molecule has 2 unspecified atom stereocenters.